The molecule has 1 aliphatic heterocycles. The summed E-state index contributed by atoms with van der Waals surface area (Å²) in [7, 11) is 1.53. The fourth-order valence-electron chi connectivity index (χ4n) is 3.83. The first-order chi connectivity index (χ1) is 17.3. The van der Waals surface area contributed by atoms with E-state index in [4.69, 9.17) is 14.2 Å². The lowest BCUT2D eigenvalue weighted by atomic mass is 10.1. The first-order valence-corrected chi connectivity index (χ1v) is 12.9. The smallest absolute Gasteiger partial charge is 0.329 e. The van der Waals surface area contributed by atoms with E-state index in [0.717, 1.165) is 33.0 Å². The van der Waals surface area contributed by atoms with Gasteiger partial charge in [0.25, 0.3) is 11.1 Å². The second-order valence-electron chi connectivity index (χ2n) is 7.93. The molecule has 1 heterocycles. The van der Waals surface area contributed by atoms with Crippen molar-refractivity contribution >= 4 is 61.7 Å². The summed E-state index contributed by atoms with van der Waals surface area (Å²) in [6.07, 6.45) is 1.59. The summed E-state index contributed by atoms with van der Waals surface area (Å²) in [5.41, 5.74) is 1.67. The van der Waals surface area contributed by atoms with Gasteiger partial charge in [-0.25, -0.2) is 4.79 Å². The number of hydrogen-bond acceptors (Lipinski definition) is 7. The summed E-state index contributed by atoms with van der Waals surface area (Å²) in [4.78, 5) is 38.6. The van der Waals surface area contributed by atoms with Crippen molar-refractivity contribution in [2.45, 2.75) is 26.5 Å². The molecule has 1 unspecified atom stereocenters. The number of fused-ring (bicyclic) bond motifs is 1. The molecular weight excluding hydrogens is 546 g/mol. The highest BCUT2D eigenvalue weighted by atomic mass is 79.9. The number of methoxy groups -OCH3 is 1. The van der Waals surface area contributed by atoms with Crippen molar-refractivity contribution in [3.63, 3.8) is 0 Å². The first-order valence-electron chi connectivity index (χ1n) is 11.2. The Morgan fingerprint density at radius 3 is 2.61 bits per heavy atom. The van der Waals surface area contributed by atoms with Crippen molar-refractivity contribution in [2.24, 2.45) is 0 Å². The molecule has 3 aromatic rings. The molecule has 0 spiro atoms. The van der Waals surface area contributed by atoms with E-state index in [1.165, 1.54) is 14.0 Å². The summed E-state index contributed by atoms with van der Waals surface area (Å²) >= 11 is 4.31. The number of imide groups is 1. The van der Waals surface area contributed by atoms with Crippen molar-refractivity contribution in [1.82, 2.24) is 4.90 Å². The molecule has 1 fully saturated rings. The Balaban J connectivity index is 1.57. The van der Waals surface area contributed by atoms with Crippen LogP contribution in [0.2, 0.25) is 0 Å². The molecule has 7 nitrogen and oxygen atoms in total. The van der Waals surface area contributed by atoms with E-state index in [0.29, 0.717) is 28.1 Å². The number of rotatable bonds is 8. The summed E-state index contributed by atoms with van der Waals surface area (Å²) in [5.74, 6) is -0.174. The third-order valence-corrected chi connectivity index (χ3v) is 7.24. The highest BCUT2D eigenvalue weighted by Crippen LogP contribution is 2.39. The molecule has 2 amide bonds. The number of esters is 1. The summed E-state index contributed by atoms with van der Waals surface area (Å²) < 4.78 is 17.3. The Morgan fingerprint density at radius 1 is 1.11 bits per heavy atom. The number of carbonyl (C=O) groups excluding carboxylic acids is 3. The number of halogens is 1. The van der Waals surface area contributed by atoms with E-state index in [1.54, 1.807) is 25.1 Å². The van der Waals surface area contributed by atoms with Gasteiger partial charge in [-0.3, -0.25) is 14.5 Å². The molecule has 0 N–H and O–H groups in total. The summed E-state index contributed by atoms with van der Waals surface area (Å²) in [6, 6.07) is 16.7. The van der Waals surface area contributed by atoms with E-state index in [-0.39, 0.29) is 11.5 Å². The van der Waals surface area contributed by atoms with Crippen molar-refractivity contribution in [3.05, 3.63) is 75.1 Å². The fourth-order valence-corrected chi connectivity index (χ4v) is 5.17. The number of amides is 2. The zero-order valence-electron chi connectivity index (χ0n) is 19.9. The molecule has 0 bridgehead atoms. The molecule has 1 aliphatic rings. The lowest BCUT2D eigenvalue weighted by Crippen LogP contribution is -2.42. The minimum absolute atomic E-state index is 0.164. The maximum absolute atomic E-state index is 12.9. The highest BCUT2D eigenvalue weighted by molar-refractivity contribution is 9.10. The van der Waals surface area contributed by atoms with Gasteiger partial charge in [0.1, 0.15) is 12.6 Å². The molecule has 9 heteroatoms. The van der Waals surface area contributed by atoms with E-state index in [9.17, 15) is 14.4 Å². The third kappa shape index (κ3) is 5.27. The molecule has 0 radical (unpaired) electrons. The van der Waals surface area contributed by atoms with Gasteiger partial charge in [-0.15, -0.1) is 0 Å². The van der Waals surface area contributed by atoms with Gasteiger partial charge in [0, 0.05) is 4.47 Å². The van der Waals surface area contributed by atoms with Crippen LogP contribution in [0.3, 0.4) is 0 Å². The van der Waals surface area contributed by atoms with Crippen LogP contribution in [0.5, 0.6) is 11.5 Å². The van der Waals surface area contributed by atoms with Crippen molar-refractivity contribution in [3.8, 4) is 11.5 Å². The number of benzene rings is 3. The van der Waals surface area contributed by atoms with E-state index >= 15 is 0 Å². The number of ether oxygens (including phenoxy) is 3. The van der Waals surface area contributed by atoms with Crippen LogP contribution in [-0.4, -0.2) is 41.8 Å². The maximum Gasteiger partial charge on any atom is 0.329 e. The van der Waals surface area contributed by atoms with Crippen LogP contribution in [0.15, 0.2) is 64.0 Å². The predicted octanol–water partition coefficient (Wildman–Crippen LogP) is 6.18. The van der Waals surface area contributed by atoms with Crippen LogP contribution >= 0.6 is 27.7 Å². The summed E-state index contributed by atoms with van der Waals surface area (Å²) in [5, 5.41) is 1.72. The molecule has 4 rings (SSSR count). The second kappa shape index (κ2) is 11.2. The SMILES string of the molecule is CCOC(=O)C(C)N1C(=O)S/C(=C/c2cc(OC)c(OCc3cccc4ccccc34)cc2Br)C1=O. The number of carbonyl (C=O) groups is 3. The first kappa shape index (κ1) is 25.8. The summed E-state index contributed by atoms with van der Waals surface area (Å²) in [6.45, 7) is 3.64. The van der Waals surface area contributed by atoms with Gasteiger partial charge in [-0.1, -0.05) is 58.4 Å². The van der Waals surface area contributed by atoms with Crippen molar-refractivity contribution < 1.29 is 28.6 Å². The van der Waals surface area contributed by atoms with Crippen LogP contribution in [-0.2, 0) is 20.9 Å². The Labute approximate surface area is 221 Å². The molecule has 186 valence electrons. The number of thioether (sulfide) groups is 1. The molecule has 0 saturated carbocycles. The van der Waals surface area contributed by atoms with Gasteiger partial charge in [0.15, 0.2) is 11.5 Å². The normalized spacial score (nSPS) is 15.4. The van der Waals surface area contributed by atoms with Crippen LogP contribution in [0.25, 0.3) is 16.8 Å². The van der Waals surface area contributed by atoms with E-state index in [1.807, 2.05) is 24.3 Å². The van der Waals surface area contributed by atoms with Crippen molar-refractivity contribution in [1.29, 1.82) is 0 Å². The zero-order valence-corrected chi connectivity index (χ0v) is 22.4. The molecule has 1 saturated heterocycles. The second-order valence-corrected chi connectivity index (χ2v) is 9.78. The minimum atomic E-state index is -1.01. The van der Waals surface area contributed by atoms with Crippen molar-refractivity contribution in [2.75, 3.05) is 13.7 Å². The molecule has 0 aliphatic carbocycles. The fraction of sp³-hybridized carbons (Fsp3) is 0.222. The molecule has 1 atom stereocenters. The Bertz CT molecular complexity index is 1370. The van der Waals surface area contributed by atoms with E-state index < -0.39 is 23.2 Å². The predicted molar refractivity (Wildman–Crippen MR) is 143 cm³/mol. The number of nitrogens with zero attached hydrogens (tertiary/aromatic N) is 1. The zero-order chi connectivity index (χ0) is 25.8. The van der Waals surface area contributed by atoms with Gasteiger partial charge in [0.2, 0.25) is 0 Å². The Hall–Kier alpha value is -3.30. The quantitative estimate of drug-likeness (QED) is 0.236. The average Bonchev–Trinajstić information content (AvgIpc) is 3.15. The highest BCUT2D eigenvalue weighted by Gasteiger charge is 2.41. The molecular formula is C27H24BrNO6S. The van der Waals surface area contributed by atoms with Gasteiger partial charge >= 0.3 is 5.97 Å². The monoisotopic (exact) mass is 569 g/mol. The van der Waals surface area contributed by atoms with Gasteiger partial charge in [-0.2, -0.15) is 0 Å². The van der Waals surface area contributed by atoms with Gasteiger partial charge in [-0.05, 0) is 65.7 Å². The van der Waals surface area contributed by atoms with Crippen LogP contribution < -0.4 is 9.47 Å². The minimum Gasteiger partial charge on any atom is -0.493 e. The number of hydrogen-bond donors (Lipinski definition) is 0. The topological polar surface area (TPSA) is 82.1 Å². The third-order valence-electron chi connectivity index (χ3n) is 5.67. The standard InChI is InChI=1S/C27H24BrNO6S/c1-4-34-26(31)16(2)29-25(30)24(36-27(29)32)13-19-12-22(33-3)23(14-21(19)28)35-15-18-10-7-9-17-8-5-6-11-20(17)18/h5-14,16H,4,15H2,1-3H3/b24-13+. The lowest BCUT2D eigenvalue weighted by molar-refractivity contribution is -0.150. The lowest BCUT2D eigenvalue weighted by Gasteiger charge is -2.19. The van der Waals surface area contributed by atoms with Crippen LogP contribution in [0, 0.1) is 0 Å². The van der Waals surface area contributed by atoms with E-state index in [2.05, 4.69) is 34.1 Å². The van der Waals surface area contributed by atoms with Crippen LogP contribution in [0.4, 0.5) is 4.79 Å². The molecule has 3 aromatic carbocycles. The van der Waals surface area contributed by atoms with Gasteiger partial charge in [0.05, 0.1) is 18.6 Å². The average molecular weight is 570 g/mol. The molecule has 0 aromatic heterocycles. The van der Waals surface area contributed by atoms with Gasteiger partial charge < -0.3 is 14.2 Å². The Kier molecular flexibility index (Phi) is 8.01. The Morgan fingerprint density at radius 2 is 1.86 bits per heavy atom. The molecule has 36 heavy (non-hydrogen) atoms. The largest absolute Gasteiger partial charge is 0.493 e. The maximum atomic E-state index is 12.9. The van der Waals surface area contributed by atoms with Crippen LogP contribution in [0.1, 0.15) is 25.0 Å².